The van der Waals surface area contributed by atoms with Crippen LogP contribution in [0.2, 0.25) is 10.0 Å². The molecule has 0 bridgehead atoms. The van der Waals surface area contributed by atoms with Gasteiger partial charge in [-0.1, -0.05) is 37.0 Å². The third kappa shape index (κ3) is 5.57. The SMILES string of the molecule is CCN(CC)CC(=O)Nc1c(C)cc(Cl)cc1Cl.Cl. The fourth-order valence-electron chi connectivity index (χ4n) is 1.69. The molecule has 1 amide bonds. The van der Waals surface area contributed by atoms with Gasteiger partial charge in [-0.3, -0.25) is 9.69 Å². The van der Waals surface area contributed by atoms with E-state index in [4.69, 9.17) is 23.2 Å². The van der Waals surface area contributed by atoms with Gasteiger partial charge in [-0.15, -0.1) is 12.4 Å². The third-order valence-electron chi connectivity index (χ3n) is 2.78. The molecule has 0 unspecified atom stereocenters. The molecule has 0 spiro atoms. The Kier molecular flexibility index (Phi) is 8.42. The van der Waals surface area contributed by atoms with Crippen molar-refractivity contribution in [2.75, 3.05) is 25.0 Å². The largest absolute Gasteiger partial charge is 0.323 e. The van der Waals surface area contributed by atoms with Gasteiger partial charge in [0.1, 0.15) is 0 Å². The summed E-state index contributed by atoms with van der Waals surface area (Å²) in [5.41, 5.74) is 1.50. The highest BCUT2D eigenvalue weighted by atomic mass is 35.5. The van der Waals surface area contributed by atoms with Crippen molar-refractivity contribution < 1.29 is 4.79 Å². The van der Waals surface area contributed by atoms with Crippen LogP contribution in [0.1, 0.15) is 19.4 Å². The smallest absolute Gasteiger partial charge is 0.238 e. The Morgan fingerprint density at radius 2 is 1.84 bits per heavy atom. The van der Waals surface area contributed by atoms with Gasteiger partial charge in [-0.2, -0.15) is 0 Å². The number of nitrogens with one attached hydrogen (secondary N) is 1. The van der Waals surface area contributed by atoms with E-state index in [-0.39, 0.29) is 18.3 Å². The molecule has 0 atom stereocenters. The predicted molar refractivity (Wildman–Crippen MR) is 84.9 cm³/mol. The molecule has 108 valence electrons. The van der Waals surface area contributed by atoms with Crippen LogP contribution in [0.5, 0.6) is 0 Å². The molecule has 1 rings (SSSR count). The maximum absolute atomic E-state index is 11.9. The average Bonchev–Trinajstić information content (AvgIpc) is 2.30. The molecule has 3 nitrogen and oxygen atoms in total. The number of aryl methyl sites for hydroxylation is 1. The van der Waals surface area contributed by atoms with Gasteiger partial charge in [0.05, 0.1) is 17.3 Å². The van der Waals surface area contributed by atoms with Gasteiger partial charge in [0.15, 0.2) is 0 Å². The maximum atomic E-state index is 11.9. The van der Waals surface area contributed by atoms with Gasteiger partial charge in [0.25, 0.3) is 0 Å². The highest BCUT2D eigenvalue weighted by Gasteiger charge is 2.12. The van der Waals surface area contributed by atoms with Crippen LogP contribution < -0.4 is 5.32 Å². The standard InChI is InChI=1S/C13H18Cl2N2O.ClH/c1-4-17(5-2)8-12(18)16-13-9(3)6-10(14)7-11(13)15;/h6-7H,4-5,8H2,1-3H3,(H,16,18);1H. The number of benzene rings is 1. The van der Waals surface area contributed by atoms with E-state index < -0.39 is 0 Å². The Bertz CT molecular complexity index is 411. The molecule has 0 aliphatic carbocycles. The first-order chi connectivity index (χ1) is 8.47. The lowest BCUT2D eigenvalue weighted by Gasteiger charge is -2.18. The number of hydrogen-bond acceptors (Lipinski definition) is 2. The van der Waals surface area contributed by atoms with Crippen molar-refractivity contribution in [1.29, 1.82) is 0 Å². The van der Waals surface area contributed by atoms with Crippen LogP contribution in [0.4, 0.5) is 5.69 Å². The maximum Gasteiger partial charge on any atom is 0.238 e. The summed E-state index contributed by atoms with van der Waals surface area (Å²) in [5.74, 6) is -0.0639. The van der Waals surface area contributed by atoms with Gasteiger partial charge < -0.3 is 5.32 Å². The fraction of sp³-hybridized carbons (Fsp3) is 0.462. The minimum absolute atomic E-state index is 0. The van der Waals surface area contributed by atoms with E-state index >= 15 is 0 Å². The van der Waals surface area contributed by atoms with Gasteiger partial charge in [-0.05, 0) is 37.7 Å². The van der Waals surface area contributed by atoms with E-state index in [9.17, 15) is 4.79 Å². The summed E-state index contributed by atoms with van der Waals surface area (Å²) in [6.45, 7) is 7.97. The zero-order valence-corrected chi connectivity index (χ0v) is 13.6. The van der Waals surface area contributed by atoms with Crippen LogP contribution >= 0.6 is 35.6 Å². The summed E-state index contributed by atoms with van der Waals surface area (Å²) in [7, 11) is 0. The molecule has 0 heterocycles. The lowest BCUT2D eigenvalue weighted by Crippen LogP contribution is -2.33. The van der Waals surface area contributed by atoms with Crippen molar-refractivity contribution in [3.63, 3.8) is 0 Å². The zero-order chi connectivity index (χ0) is 13.7. The average molecular weight is 326 g/mol. The first kappa shape index (κ1) is 18.5. The van der Waals surface area contributed by atoms with E-state index in [1.54, 1.807) is 12.1 Å². The Labute approximate surface area is 130 Å². The second-order valence-electron chi connectivity index (χ2n) is 4.09. The predicted octanol–water partition coefficient (Wildman–Crippen LogP) is 4.00. The Balaban J connectivity index is 0.00000324. The molecule has 1 N–H and O–H groups in total. The number of halogens is 3. The first-order valence-electron chi connectivity index (χ1n) is 5.95. The third-order valence-corrected chi connectivity index (χ3v) is 3.29. The van der Waals surface area contributed by atoms with Gasteiger partial charge in [0, 0.05) is 5.02 Å². The quantitative estimate of drug-likeness (QED) is 0.887. The number of carbonyl (C=O) groups is 1. The number of carbonyl (C=O) groups excluding carboxylic acids is 1. The molecule has 6 heteroatoms. The Morgan fingerprint density at radius 3 is 2.32 bits per heavy atom. The van der Waals surface area contributed by atoms with Crippen LogP contribution in [0.25, 0.3) is 0 Å². The second-order valence-corrected chi connectivity index (χ2v) is 4.93. The fourth-order valence-corrected chi connectivity index (χ4v) is 2.33. The Hall–Kier alpha value is -0.480. The molecular weight excluding hydrogens is 307 g/mol. The summed E-state index contributed by atoms with van der Waals surface area (Å²) in [4.78, 5) is 13.9. The molecule has 0 radical (unpaired) electrons. The molecule has 0 fully saturated rings. The normalized spacial score (nSPS) is 10.2. The second kappa shape index (κ2) is 8.64. The van der Waals surface area contributed by atoms with E-state index in [2.05, 4.69) is 5.32 Å². The van der Waals surface area contributed by atoms with E-state index in [1.165, 1.54) is 0 Å². The zero-order valence-electron chi connectivity index (χ0n) is 11.3. The van der Waals surface area contributed by atoms with E-state index in [1.807, 2.05) is 25.7 Å². The van der Waals surface area contributed by atoms with Crippen molar-refractivity contribution in [3.05, 3.63) is 27.7 Å². The molecule has 0 saturated heterocycles. The topological polar surface area (TPSA) is 32.3 Å². The van der Waals surface area contributed by atoms with Crippen molar-refractivity contribution in [2.45, 2.75) is 20.8 Å². The monoisotopic (exact) mass is 324 g/mol. The minimum Gasteiger partial charge on any atom is -0.323 e. The number of nitrogens with zero attached hydrogens (tertiary/aromatic N) is 1. The van der Waals surface area contributed by atoms with Crippen molar-refractivity contribution >= 4 is 47.2 Å². The number of anilines is 1. The van der Waals surface area contributed by atoms with Crippen LogP contribution in [0, 0.1) is 6.92 Å². The van der Waals surface area contributed by atoms with E-state index in [0.29, 0.717) is 22.3 Å². The van der Waals surface area contributed by atoms with Gasteiger partial charge >= 0.3 is 0 Å². The summed E-state index contributed by atoms with van der Waals surface area (Å²) < 4.78 is 0. The van der Waals surface area contributed by atoms with Crippen LogP contribution in [0.15, 0.2) is 12.1 Å². The molecule has 0 aliphatic rings. The molecular formula is C13H19Cl3N2O. The molecule has 0 saturated carbocycles. The summed E-state index contributed by atoms with van der Waals surface area (Å²) in [5, 5.41) is 3.87. The van der Waals surface area contributed by atoms with Crippen molar-refractivity contribution in [3.8, 4) is 0 Å². The summed E-state index contributed by atoms with van der Waals surface area (Å²) in [6, 6.07) is 3.41. The van der Waals surface area contributed by atoms with Crippen molar-refractivity contribution in [1.82, 2.24) is 4.90 Å². The number of rotatable bonds is 5. The summed E-state index contributed by atoms with van der Waals surface area (Å²) in [6.07, 6.45) is 0. The van der Waals surface area contributed by atoms with Crippen molar-refractivity contribution in [2.24, 2.45) is 0 Å². The van der Waals surface area contributed by atoms with Crippen LogP contribution in [-0.2, 0) is 4.79 Å². The number of amides is 1. The van der Waals surface area contributed by atoms with Gasteiger partial charge in [0.2, 0.25) is 5.91 Å². The Morgan fingerprint density at radius 1 is 1.26 bits per heavy atom. The van der Waals surface area contributed by atoms with Gasteiger partial charge in [-0.25, -0.2) is 0 Å². The number of likely N-dealkylation sites (N-methyl/N-ethyl adjacent to an activating group) is 1. The summed E-state index contributed by atoms with van der Waals surface area (Å²) >= 11 is 12.0. The van der Waals surface area contributed by atoms with Crippen LogP contribution in [-0.4, -0.2) is 30.4 Å². The lowest BCUT2D eigenvalue weighted by molar-refractivity contribution is -0.117. The molecule has 1 aromatic carbocycles. The highest BCUT2D eigenvalue weighted by Crippen LogP contribution is 2.29. The molecule has 1 aromatic rings. The minimum atomic E-state index is -0.0639. The van der Waals surface area contributed by atoms with Crippen LogP contribution in [0.3, 0.4) is 0 Å². The first-order valence-corrected chi connectivity index (χ1v) is 6.71. The molecule has 0 aromatic heterocycles. The van der Waals surface area contributed by atoms with E-state index in [0.717, 1.165) is 18.7 Å². The molecule has 0 aliphatic heterocycles. The lowest BCUT2D eigenvalue weighted by atomic mass is 10.2. The molecule has 19 heavy (non-hydrogen) atoms. The number of hydrogen-bond donors (Lipinski definition) is 1. The highest BCUT2D eigenvalue weighted by molar-refractivity contribution is 6.37.